The molecular weight excluding hydrogens is 239 g/mol. The van der Waals surface area contributed by atoms with Gasteiger partial charge in [0, 0.05) is 5.56 Å². The summed E-state index contributed by atoms with van der Waals surface area (Å²) >= 11 is 0. The fourth-order valence-electron chi connectivity index (χ4n) is 2.93. The van der Waals surface area contributed by atoms with Crippen molar-refractivity contribution in [2.45, 2.75) is 32.3 Å². The molecule has 0 heterocycles. The average Bonchev–Trinajstić information content (AvgIpc) is 2.42. The highest BCUT2D eigenvalue weighted by atomic mass is 19.1. The van der Waals surface area contributed by atoms with Gasteiger partial charge in [0.15, 0.2) is 0 Å². The Kier molecular flexibility index (Phi) is 3.11. The van der Waals surface area contributed by atoms with E-state index in [9.17, 15) is 9.50 Å². The molecule has 1 nitrogen and oxygen atoms in total. The van der Waals surface area contributed by atoms with Crippen molar-refractivity contribution in [3.8, 4) is 11.1 Å². The standard InChI is InChI=1S/C17H17FO/c1-11-5-2-9-15(17(11)18)13-6-3-8-14-12(13)7-4-10-16(14)19/h2-3,5-6,8-9,16,19H,4,7,10H2,1H3. The van der Waals surface area contributed by atoms with Crippen LogP contribution in [-0.2, 0) is 6.42 Å². The maximum absolute atomic E-state index is 14.3. The summed E-state index contributed by atoms with van der Waals surface area (Å²) in [5.41, 5.74) is 4.30. The molecule has 0 aromatic heterocycles. The molecule has 0 saturated heterocycles. The number of benzene rings is 2. The molecule has 1 aliphatic rings. The largest absolute Gasteiger partial charge is 0.388 e. The van der Waals surface area contributed by atoms with E-state index in [0.717, 1.165) is 36.0 Å². The molecule has 0 spiro atoms. The van der Waals surface area contributed by atoms with Gasteiger partial charge in [-0.3, -0.25) is 0 Å². The number of rotatable bonds is 1. The lowest BCUT2D eigenvalue weighted by Crippen LogP contribution is -2.10. The van der Waals surface area contributed by atoms with E-state index in [4.69, 9.17) is 0 Å². The number of aryl methyl sites for hydroxylation is 1. The molecule has 2 aromatic rings. The monoisotopic (exact) mass is 256 g/mol. The lowest BCUT2D eigenvalue weighted by molar-refractivity contribution is 0.156. The van der Waals surface area contributed by atoms with Gasteiger partial charge in [-0.2, -0.15) is 0 Å². The Morgan fingerprint density at radius 3 is 2.68 bits per heavy atom. The molecule has 0 bridgehead atoms. The van der Waals surface area contributed by atoms with Gasteiger partial charge in [-0.1, -0.05) is 36.4 Å². The van der Waals surface area contributed by atoms with E-state index < -0.39 is 6.10 Å². The third-order valence-electron chi connectivity index (χ3n) is 3.96. The van der Waals surface area contributed by atoms with Crippen molar-refractivity contribution in [1.82, 2.24) is 0 Å². The van der Waals surface area contributed by atoms with Crippen LogP contribution in [0.15, 0.2) is 36.4 Å². The zero-order valence-corrected chi connectivity index (χ0v) is 11.0. The van der Waals surface area contributed by atoms with Gasteiger partial charge in [0.1, 0.15) is 5.82 Å². The van der Waals surface area contributed by atoms with Crippen molar-refractivity contribution in [2.24, 2.45) is 0 Å². The molecule has 0 fully saturated rings. The molecule has 2 aromatic carbocycles. The summed E-state index contributed by atoms with van der Waals surface area (Å²) in [4.78, 5) is 0. The first-order chi connectivity index (χ1) is 9.18. The Morgan fingerprint density at radius 2 is 1.84 bits per heavy atom. The van der Waals surface area contributed by atoms with Crippen LogP contribution in [-0.4, -0.2) is 5.11 Å². The molecule has 19 heavy (non-hydrogen) atoms. The van der Waals surface area contributed by atoms with Crippen molar-refractivity contribution in [3.05, 3.63) is 58.9 Å². The van der Waals surface area contributed by atoms with Crippen LogP contribution in [0.2, 0.25) is 0 Å². The summed E-state index contributed by atoms with van der Waals surface area (Å²) in [6.45, 7) is 1.78. The van der Waals surface area contributed by atoms with Gasteiger partial charge >= 0.3 is 0 Å². The van der Waals surface area contributed by atoms with Crippen LogP contribution >= 0.6 is 0 Å². The molecule has 0 saturated carbocycles. The van der Waals surface area contributed by atoms with Crippen molar-refractivity contribution < 1.29 is 9.50 Å². The highest BCUT2D eigenvalue weighted by Crippen LogP contribution is 2.37. The summed E-state index contributed by atoms with van der Waals surface area (Å²) in [7, 11) is 0. The van der Waals surface area contributed by atoms with Crippen LogP contribution in [0.1, 0.15) is 35.6 Å². The van der Waals surface area contributed by atoms with Gasteiger partial charge < -0.3 is 5.11 Å². The predicted molar refractivity (Wildman–Crippen MR) is 74.5 cm³/mol. The van der Waals surface area contributed by atoms with Gasteiger partial charge in [0.25, 0.3) is 0 Å². The minimum atomic E-state index is -0.406. The second kappa shape index (κ2) is 4.78. The third kappa shape index (κ3) is 2.06. The lowest BCUT2D eigenvalue weighted by atomic mass is 9.84. The van der Waals surface area contributed by atoms with Crippen LogP contribution in [0.4, 0.5) is 4.39 Å². The molecule has 2 heteroatoms. The maximum Gasteiger partial charge on any atom is 0.133 e. The zero-order valence-electron chi connectivity index (χ0n) is 11.0. The van der Waals surface area contributed by atoms with Crippen LogP contribution in [0.25, 0.3) is 11.1 Å². The molecule has 0 aliphatic heterocycles. The number of hydrogen-bond acceptors (Lipinski definition) is 1. The second-order valence-electron chi connectivity index (χ2n) is 5.22. The van der Waals surface area contributed by atoms with Crippen molar-refractivity contribution >= 4 is 0 Å². The molecule has 1 unspecified atom stereocenters. The quantitative estimate of drug-likeness (QED) is 0.811. The topological polar surface area (TPSA) is 20.2 Å². The van der Waals surface area contributed by atoms with E-state index >= 15 is 0 Å². The van der Waals surface area contributed by atoms with E-state index in [2.05, 4.69) is 0 Å². The van der Waals surface area contributed by atoms with Gasteiger partial charge in [-0.05, 0) is 48.4 Å². The van der Waals surface area contributed by atoms with Crippen LogP contribution < -0.4 is 0 Å². The molecule has 1 atom stereocenters. The Labute approximate surface area is 112 Å². The summed E-state index contributed by atoms with van der Waals surface area (Å²) in [5.74, 6) is -0.157. The molecule has 3 rings (SSSR count). The molecule has 0 radical (unpaired) electrons. The lowest BCUT2D eigenvalue weighted by Gasteiger charge is -2.24. The first kappa shape index (κ1) is 12.4. The van der Waals surface area contributed by atoms with Gasteiger partial charge in [0.05, 0.1) is 6.10 Å². The van der Waals surface area contributed by atoms with E-state index in [1.807, 2.05) is 30.3 Å². The molecule has 98 valence electrons. The van der Waals surface area contributed by atoms with E-state index in [-0.39, 0.29) is 5.82 Å². The number of aliphatic hydroxyl groups excluding tert-OH is 1. The van der Waals surface area contributed by atoms with E-state index in [0.29, 0.717) is 11.1 Å². The van der Waals surface area contributed by atoms with Crippen LogP contribution in [0.3, 0.4) is 0 Å². The summed E-state index contributed by atoms with van der Waals surface area (Å²) < 4.78 is 14.3. The van der Waals surface area contributed by atoms with Crippen LogP contribution in [0.5, 0.6) is 0 Å². The Bertz CT molecular complexity index is 619. The molecular formula is C17H17FO. The zero-order chi connectivity index (χ0) is 13.4. The SMILES string of the molecule is Cc1cccc(-c2cccc3c2CCCC3O)c1F. The molecule has 1 aliphatic carbocycles. The summed E-state index contributed by atoms with van der Waals surface area (Å²) in [6, 6.07) is 11.3. The van der Waals surface area contributed by atoms with Gasteiger partial charge in [-0.25, -0.2) is 4.39 Å². The average molecular weight is 256 g/mol. The first-order valence-corrected chi connectivity index (χ1v) is 6.74. The minimum Gasteiger partial charge on any atom is -0.388 e. The summed E-state index contributed by atoms with van der Waals surface area (Å²) in [6.07, 6.45) is 2.26. The van der Waals surface area contributed by atoms with Crippen molar-refractivity contribution in [3.63, 3.8) is 0 Å². The minimum absolute atomic E-state index is 0.157. The normalized spacial score (nSPS) is 18.2. The fourth-order valence-corrected chi connectivity index (χ4v) is 2.93. The highest BCUT2D eigenvalue weighted by Gasteiger charge is 2.21. The third-order valence-corrected chi connectivity index (χ3v) is 3.96. The smallest absolute Gasteiger partial charge is 0.133 e. The van der Waals surface area contributed by atoms with E-state index in [1.54, 1.807) is 13.0 Å². The number of hydrogen-bond donors (Lipinski definition) is 1. The number of halogens is 1. The number of aliphatic hydroxyl groups is 1. The van der Waals surface area contributed by atoms with Gasteiger partial charge in [0.2, 0.25) is 0 Å². The van der Waals surface area contributed by atoms with Gasteiger partial charge in [-0.15, -0.1) is 0 Å². The maximum atomic E-state index is 14.3. The predicted octanol–water partition coefficient (Wildman–Crippen LogP) is 4.17. The van der Waals surface area contributed by atoms with Crippen LogP contribution in [0, 0.1) is 12.7 Å². The first-order valence-electron chi connectivity index (χ1n) is 6.74. The Hall–Kier alpha value is -1.67. The van der Waals surface area contributed by atoms with Crippen molar-refractivity contribution in [1.29, 1.82) is 0 Å². The second-order valence-corrected chi connectivity index (χ2v) is 5.22. The summed E-state index contributed by atoms with van der Waals surface area (Å²) in [5, 5.41) is 10.1. The van der Waals surface area contributed by atoms with Crippen molar-refractivity contribution in [2.75, 3.05) is 0 Å². The number of fused-ring (bicyclic) bond motifs is 1. The van der Waals surface area contributed by atoms with E-state index in [1.165, 1.54) is 0 Å². The Balaban J connectivity index is 2.21. The molecule has 0 amide bonds. The highest BCUT2D eigenvalue weighted by molar-refractivity contribution is 5.70. The Morgan fingerprint density at radius 1 is 1.11 bits per heavy atom. The molecule has 1 N–H and O–H groups in total. The fraction of sp³-hybridized carbons (Fsp3) is 0.294.